The molecule has 6 heteroatoms. The van der Waals surface area contributed by atoms with Crippen LogP contribution in [-0.4, -0.2) is 33.4 Å². The fraction of sp³-hybridized carbons (Fsp3) is 0.538. The van der Waals surface area contributed by atoms with Crippen LogP contribution in [0.15, 0.2) is 23.1 Å². The Morgan fingerprint density at radius 3 is 2.47 bits per heavy atom. The highest BCUT2D eigenvalue weighted by Gasteiger charge is 2.43. The summed E-state index contributed by atoms with van der Waals surface area (Å²) in [6.45, 7) is 1.09. The summed E-state index contributed by atoms with van der Waals surface area (Å²) in [5, 5.41) is -0.163. The molecule has 1 aliphatic heterocycles. The van der Waals surface area contributed by atoms with Gasteiger partial charge < -0.3 is 10.5 Å². The van der Waals surface area contributed by atoms with Crippen LogP contribution in [0.5, 0.6) is 0 Å². The third-order valence-electron chi connectivity index (χ3n) is 4.14. The number of hydrogen-bond acceptors (Lipinski definition) is 4. The Morgan fingerprint density at radius 2 is 2.05 bits per heavy atom. The summed E-state index contributed by atoms with van der Waals surface area (Å²) in [6.07, 6.45) is 2.09. The minimum Gasteiger partial charge on any atom is -0.379 e. The Hall–Kier alpha value is -0.620. The molecule has 4 nitrogen and oxygen atoms in total. The molecule has 19 heavy (non-hydrogen) atoms. The Morgan fingerprint density at radius 1 is 1.37 bits per heavy atom. The van der Waals surface area contributed by atoms with Gasteiger partial charge in [-0.25, -0.2) is 8.42 Å². The van der Waals surface area contributed by atoms with E-state index < -0.39 is 15.1 Å². The molecular formula is C13H16ClNO3S. The molecule has 1 aromatic rings. The number of rotatable bonds is 4. The van der Waals surface area contributed by atoms with Crippen LogP contribution in [0.4, 0.5) is 0 Å². The average Bonchev–Trinajstić information content (AvgIpc) is 3.06. The molecule has 0 unspecified atom stereocenters. The van der Waals surface area contributed by atoms with Gasteiger partial charge >= 0.3 is 0 Å². The third-order valence-corrected chi connectivity index (χ3v) is 6.69. The van der Waals surface area contributed by atoms with E-state index in [1.165, 1.54) is 0 Å². The number of halogens is 1. The van der Waals surface area contributed by atoms with E-state index in [2.05, 4.69) is 0 Å². The summed E-state index contributed by atoms with van der Waals surface area (Å²) in [5.74, 6) is 0. The van der Waals surface area contributed by atoms with E-state index >= 15 is 0 Å². The second-order valence-electron chi connectivity index (χ2n) is 5.33. The smallest absolute Gasteiger partial charge is 0.187 e. The second-order valence-corrected chi connectivity index (χ2v) is 7.94. The Balaban J connectivity index is 1.96. The van der Waals surface area contributed by atoms with E-state index in [4.69, 9.17) is 22.1 Å². The lowest BCUT2D eigenvalue weighted by atomic mass is 9.96. The first-order valence-electron chi connectivity index (χ1n) is 6.31. The van der Waals surface area contributed by atoms with Crippen LogP contribution < -0.4 is 5.73 Å². The van der Waals surface area contributed by atoms with Crippen molar-refractivity contribution < 1.29 is 13.2 Å². The van der Waals surface area contributed by atoms with Gasteiger partial charge in [-0.3, -0.25) is 0 Å². The van der Waals surface area contributed by atoms with Crippen molar-refractivity contribution in [2.24, 2.45) is 5.73 Å². The zero-order valence-corrected chi connectivity index (χ0v) is 12.0. The van der Waals surface area contributed by atoms with E-state index in [0.717, 1.165) is 18.4 Å². The van der Waals surface area contributed by atoms with Crippen molar-refractivity contribution in [1.82, 2.24) is 0 Å². The van der Waals surface area contributed by atoms with Gasteiger partial charge in [-0.05, 0) is 30.5 Å². The molecule has 3 rings (SSSR count). The van der Waals surface area contributed by atoms with Gasteiger partial charge in [0.2, 0.25) is 0 Å². The van der Waals surface area contributed by atoms with Crippen molar-refractivity contribution >= 4 is 21.4 Å². The highest BCUT2D eigenvalue weighted by atomic mass is 35.5. The monoisotopic (exact) mass is 301 g/mol. The SMILES string of the molecule is NCC1(c2ccc(S(=O)(=O)C3COC3)c(Cl)c2)CC1. The van der Waals surface area contributed by atoms with Gasteiger partial charge in [0.05, 0.1) is 23.1 Å². The van der Waals surface area contributed by atoms with E-state index in [0.29, 0.717) is 11.6 Å². The summed E-state index contributed by atoms with van der Waals surface area (Å²) >= 11 is 6.17. The van der Waals surface area contributed by atoms with Gasteiger partial charge in [0, 0.05) is 12.0 Å². The average molecular weight is 302 g/mol. The topological polar surface area (TPSA) is 69.4 Å². The van der Waals surface area contributed by atoms with E-state index in [1.807, 2.05) is 6.07 Å². The fourth-order valence-electron chi connectivity index (χ4n) is 2.40. The molecule has 1 aliphatic carbocycles. The molecule has 0 atom stereocenters. The first-order valence-corrected chi connectivity index (χ1v) is 8.24. The van der Waals surface area contributed by atoms with Crippen molar-refractivity contribution in [3.05, 3.63) is 28.8 Å². The van der Waals surface area contributed by atoms with Crippen LogP contribution in [0, 0.1) is 0 Å². The van der Waals surface area contributed by atoms with E-state index in [-0.39, 0.29) is 23.5 Å². The Kier molecular flexibility index (Phi) is 3.13. The summed E-state index contributed by atoms with van der Waals surface area (Å²) in [6, 6.07) is 5.22. The lowest BCUT2D eigenvalue weighted by Crippen LogP contribution is -2.40. The first kappa shape index (κ1) is 13.4. The second kappa shape index (κ2) is 4.45. The maximum Gasteiger partial charge on any atom is 0.187 e. The number of nitrogens with two attached hydrogens (primary N) is 1. The van der Waals surface area contributed by atoms with Crippen LogP contribution >= 0.6 is 11.6 Å². The van der Waals surface area contributed by atoms with Crippen molar-refractivity contribution in [3.8, 4) is 0 Å². The van der Waals surface area contributed by atoms with E-state index in [9.17, 15) is 8.42 Å². The predicted molar refractivity (Wildman–Crippen MR) is 73.2 cm³/mol. The van der Waals surface area contributed by atoms with Gasteiger partial charge in [-0.2, -0.15) is 0 Å². The lowest BCUT2D eigenvalue weighted by molar-refractivity contribution is 0.0416. The highest BCUT2D eigenvalue weighted by molar-refractivity contribution is 7.92. The van der Waals surface area contributed by atoms with Gasteiger partial charge in [0.15, 0.2) is 9.84 Å². The fourth-order valence-corrected chi connectivity index (χ4v) is 4.40. The number of benzene rings is 1. The minimum atomic E-state index is -3.37. The van der Waals surface area contributed by atoms with Crippen LogP contribution in [0.1, 0.15) is 18.4 Å². The molecule has 0 aromatic heterocycles. The molecule has 2 fully saturated rings. The highest BCUT2D eigenvalue weighted by Crippen LogP contribution is 2.48. The van der Waals surface area contributed by atoms with Crippen LogP contribution in [-0.2, 0) is 20.0 Å². The Bertz CT molecular complexity index is 606. The minimum absolute atomic E-state index is 0.0194. The maximum atomic E-state index is 12.3. The van der Waals surface area contributed by atoms with Crippen molar-refractivity contribution in [1.29, 1.82) is 0 Å². The molecule has 0 radical (unpaired) electrons. The summed E-state index contributed by atoms with van der Waals surface area (Å²) in [4.78, 5) is 0.207. The molecule has 104 valence electrons. The lowest BCUT2D eigenvalue weighted by Gasteiger charge is -2.26. The van der Waals surface area contributed by atoms with Crippen molar-refractivity contribution in [2.75, 3.05) is 19.8 Å². The van der Waals surface area contributed by atoms with Crippen LogP contribution in [0.2, 0.25) is 5.02 Å². The summed E-state index contributed by atoms with van der Waals surface area (Å²) in [7, 11) is -3.37. The first-order chi connectivity index (χ1) is 8.99. The predicted octanol–water partition coefficient (Wildman–Crippen LogP) is 1.50. The molecule has 0 amide bonds. The normalized spacial score (nSPS) is 22.0. The van der Waals surface area contributed by atoms with Crippen molar-refractivity contribution in [2.45, 2.75) is 28.4 Å². The molecule has 1 saturated heterocycles. The maximum absolute atomic E-state index is 12.3. The van der Waals surface area contributed by atoms with Gasteiger partial charge in [-0.15, -0.1) is 0 Å². The van der Waals surface area contributed by atoms with Gasteiger partial charge in [0.25, 0.3) is 0 Å². The van der Waals surface area contributed by atoms with E-state index in [1.54, 1.807) is 12.1 Å². The molecule has 1 saturated carbocycles. The quantitative estimate of drug-likeness (QED) is 0.915. The molecule has 0 bridgehead atoms. The summed E-state index contributed by atoms with van der Waals surface area (Å²) < 4.78 is 29.5. The summed E-state index contributed by atoms with van der Waals surface area (Å²) in [5.41, 5.74) is 6.84. The molecule has 2 N–H and O–H groups in total. The molecular weight excluding hydrogens is 286 g/mol. The molecule has 1 aromatic carbocycles. The standard InChI is InChI=1S/C13H16ClNO3S/c14-11-5-9(13(8-15)3-4-13)1-2-12(11)19(16,17)10-6-18-7-10/h1-2,5,10H,3-4,6-8,15H2. The molecule has 0 spiro atoms. The largest absolute Gasteiger partial charge is 0.379 e. The van der Waals surface area contributed by atoms with Gasteiger partial charge in [-0.1, -0.05) is 17.7 Å². The number of sulfone groups is 1. The Labute approximate surface area is 117 Å². The number of hydrogen-bond donors (Lipinski definition) is 1. The van der Waals surface area contributed by atoms with Crippen LogP contribution in [0.25, 0.3) is 0 Å². The third kappa shape index (κ3) is 2.09. The van der Waals surface area contributed by atoms with Gasteiger partial charge in [0.1, 0.15) is 5.25 Å². The zero-order chi connectivity index (χ0) is 13.7. The zero-order valence-electron chi connectivity index (χ0n) is 10.4. The van der Waals surface area contributed by atoms with Crippen molar-refractivity contribution in [3.63, 3.8) is 0 Å². The molecule has 1 heterocycles. The molecule has 2 aliphatic rings. The number of ether oxygens (including phenoxy) is 1. The van der Waals surface area contributed by atoms with Crippen LogP contribution in [0.3, 0.4) is 0 Å².